The second-order valence-electron chi connectivity index (χ2n) is 3.90. The Morgan fingerprint density at radius 2 is 2.11 bits per heavy atom. The van der Waals surface area contributed by atoms with Gasteiger partial charge in [-0.2, -0.15) is 0 Å². The number of benzene rings is 1. The van der Waals surface area contributed by atoms with Crippen LogP contribution in [0.5, 0.6) is 0 Å². The lowest BCUT2D eigenvalue weighted by molar-refractivity contribution is -0.113. The molecule has 0 saturated heterocycles. The number of amides is 1. The number of aryl methyl sites for hydroxylation is 1. The van der Waals surface area contributed by atoms with E-state index < -0.39 is 5.91 Å². The summed E-state index contributed by atoms with van der Waals surface area (Å²) in [6.45, 7) is 2.02. The predicted molar refractivity (Wildman–Crippen MR) is 74.8 cm³/mol. The minimum absolute atomic E-state index is 0.493. The van der Waals surface area contributed by atoms with E-state index in [0.717, 1.165) is 21.4 Å². The van der Waals surface area contributed by atoms with Gasteiger partial charge in [0.25, 0.3) is 0 Å². The Morgan fingerprint density at radius 3 is 2.78 bits per heavy atom. The van der Waals surface area contributed by atoms with Gasteiger partial charge in [0.1, 0.15) is 11.5 Å². The highest BCUT2D eigenvalue weighted by atomic mass is 79.9. The molecule has 1 heterocycles. The van der Waals surface area contributed by atoms with Crippen molar-refractivity contribution in [1.29, 1.82) is 0 Å². The van der Waals surface area contributed by atoms with E-state index in [1.165, 1.54) is 6.08 Å². The number of hydrogen-bond acceptors (Lipinski definition) is 2. The van der Waals surface area contributed by atoms with Crippen LogP contribution in [0.3, 0.4) is 0 Å². The molecule has 1 aromatic carbocycles. The van der Waals surface area contributed by atoms with Gasteiger partial charge in [0.15, 0.2) is 0 Å². The molecule has 2 N–H and O–H groups in total. The van der Waals surface area contributed by atoms with Crippen molar-refractivity contribution < 1.29 is 9.21 Å². The molecule has 92 valence electrons. The molecule has 0 spiro atoms. The average molecular weight is 306 g/mol. The molecule has 2 aromatic rings. The first-order chi connectivity index (χ1) is 8.56. The van der Waals surface area contributed by atoms with Crippen molar-refractivity contribution in [2.75, 3.05) is 0 Å². The average Bonchev–Trinajstić information content (AvgIpc) is 2.75. The monoisotopic (exact) mass is 305 g/mol. The Bertz CT molecular complexity index is 614. The van der Waals surface area contributed by atoms with E-state index in [0.29, 0.717) is 5.76 Å². The number of primary amides is 1. The number of rotatable bonds is 3. The van der Waals surface area contributed by atoms with Gasteiger partial charge in [-0.15, -0.1) is 0 Å². The normalized spacial score (nSPS) is 11.0. The molecule has 0 aliphatic carbocycles. The summed E-state index contributed by atoms with van der Waals surface area (Å²) in [4.78, 5) is 10.6. The van der Waals surface area contributed by atoms with Crippen LogP contribution in [0.2, 0.25) is 0 Å². The summed E-state index contributed by atoms with van der Waals surface area (Å²) < 4.78 is 6.66. The Labute approximate surface area is 113 Å². The second kappa shape index (κ2) is 5.23. The SMILES string of the molecule is Cc1cc(Br)ccc1-c1ccc(/C=C\C(N)=O)o1. The highest BCUT2D eigenvalue weighted by Gasteiger charge is 2.06. The molecule has 0 bridgehead atoms. The van der Waals surface area contributed by atoms with Crippen molar-refractivity contribution in [3.8, 4) is 11.3 Å². The van der Waals surface area contributed by atoms with Crippen molar-refractivity contribution in [2.24, 2.45) is 5.73 Å². The molecular weight excluding hydrogens is 294 g/mol. The van der Waals surface area contributed by atoms with Crippen LogP contribution in [-0.4, -0.2) is 5.91 Å². The molecule has 0 aliphatic heterocycles. The van der Waals surface area contributed by atoms with Crippen LogP contribution in [0.25, 0.3) is 17.4 Å². The quantitative estimate of drug-likeness (QED) is 0.882. The van der Waals surface area contributed by atoms with Crippen LogP contribution >= 0.6 is 15.9 Å². The Hall–Kier alpha value is -1.81. The highest BCUT2D eigenvalue weighted by Crippen LogP contribution is 2.28. The standard InChI is InChI=1S/C14H12BrNO2/c1-9-8-10(15)2-5-12(9)13-6-3-11(18-13)4-7-14(16)17/h2-8H,1H3,(H2,16,17)/b7-4-. The lowest BCUT2D eigenvalue weighted by Gasteiger charge is -2.02. The van der Waals surface area contributed by atoms with Crippen LogP contribution in [0.4, 0.5) is 0 Å². The molecule has 0 radical (unpaired) electrons. The molecule has 2 rings (SSSR count). The molecule has 0 unspecified atom stereocenters. The number of hydrogen-bond donors (Lipinski definition) is 1. The second-order valence-corrected chi connectivity index (χ2v) is 4.81. The van der Waals surface area contributed by atoms with Gasteiger partial charge < -0.3 is 10.2 Å². The first-order valence-corrected chi connectivity index (χ1v) is 6.19. The van der Waals surface area contributed by atoms with E-state index >= 15 is 0 Å². The third-order valence-electron chi connectivity index (χ3n) is 2.49. The van der Waals surface area contributed by atoms with E-state index in [1.807, 2.05) is 31.2 Å². The van der Waals surface area contributed by atoms with E-state index in [2.05, 4.69) is 15.9 Å². The van der Waals surface area contributed by atoms with E-state index in [9.17, 15) is 4.79 Å². The maximum Gasteiger partial charge on any atom is 0.241 e. The van der Waals surface area contributed by atoms with Gasteiger partial charge in [-0.25, -0.2) is 0 Å². The fraction of sp³-hybridized carbons (Fsp3) is 0.0714. The van der Waals surface area contributed by atoms with Crippen LogP contribution in [-0.2, 0) is 4.79 Å². The van der Waals surface area contributed by atoms with Gasteiger partial charge in [0.2, 0.25) is 5.91 Å². The van der Waals surface area contributed by atoms with Crippen molar-refractivity contribution in [3.63, 3.8) is 0 Å². The lowest BCUT2D eigenvalue weighted by atomic mass is 10.1. The molecule has 3 nitrogen and oxygen atoms in total. The minimum Gasteiger partial charge on any atom is -0.457 e. The van der Waals surface area contributed by atoms with E-state index in [-0.39, 0.29) is 0 Å². The first kappa shape index (κ1) is 12.6. The summed E-state index contributed by atoms with van der Waals surface area (Å²) in [6, 6.07) is 9.65. The Balaban J connectivity index is 2.32. The van der Waals surface area contributed by atoms with Gasteiger partial charge in [-0.05, 0) is 48.9 Å². The van der Waals surface area contributed by atoms with Crippen LogP contribution < -0.4 is 5.73 Å². The lowest BCUT2D eigenvalue weighted by Crippen LogP contribution is -2.04. The summed E-state index contributed by atoms with van der Waals surface area (Å²) >= 11 is 3.42. The molecule has 4 heteroatoms. The van der Waals surface area contributed by atoms with Gasteiger partial charge in [0, 0.05) is 16.1 Å². The van der Waals surface area contributed by atoms with Crippen molar-refractivity contribution in [2.45, 2.75) is 6.92 Å². The minimum atomic E-state index is -0.493. The zero-order valence-corrected chi connectivity index (χ0v) is 11.4. The number of halogens is 1. The van der Waals surface area contributed by atoms with Gasteiger partial charge in [-0.3, -0.25) is 4.79 Å². The first-order valence-electron chi connectivity index (χ1n) is 5.40. The van der Waals surface area contributed by atoms with Crippen LogP contribution in [0, 0.1) is 6.92 Å². The summed E-state index contributed by atoms with van der Waals surface area (Å²) in [5.41, 5.74) is 7.17. The predicted octanol–water partition coefficient (Wildman–Crippen LogP) is 3.52. The van der Waals surface area contributed by atoms with Gasteiger partial charge in [0.05, 0.1) is 0 Å². The fourth-order valence-electron chi connectivity index (χ4n) is 1.65. The number of furan rings is 1. The largest absolute Gasteiger partial charge is 0.457 e. The van der Waals surface area contributed by atoms with E-state index in [1.54, 1.807) is 12.1 Å². The summed E-state index contributed by atoms with van der Waals surface area (Å²) in [5, 5.41) is 0. The highest BCUT2D eigenvalue weighted by molar-refractivity contribution is 9.10. The van der Waals surface area contributed by atoms with Crippen molar-refractivity contribution >= 4 is 27.9 Å². The topological polar surface area (TPSA) is 56.2 Å². The molecule has 0 aliphatic rings. The van der Waals surface area contributed by atoms with Crippen LogP contribution in [0.15, 0.2) is 45.3 Å². The molecule has 0 saturated carbocycles. The summed E-state index contributed by atoms with van der Waals surface area (Å²) in [7, 11) is 0. The number of nitrogens with two attached hydrogens (primary N) is 1. The van der Waals surface area contributed by atoms with Gasteiger partial charge >= 0.3 is 0 Å². The maximum absolute atomic E-state index is 10.6. The smallest absolute Gasteiger partial charge is 0.241 e. The maximum atomic E-state index is 10.6. The number of carbonyl (C=O) groups is 1. The summed E-state index contributed by atoms with van der Waals surface area (Å²) in [5.74, 6) is 0.878. The Morgan fingerprint density at radius 1 is 1.33 bits per heavy atom. The molecule has 0 atom stereocenters. The molecule has 0 fully saturated rings. The molecule has 1 aromatic heterocycles. The fourth-order valence-corrected chi connectivity index (χ4v) is 2.13. The van der Waals surface area contributed by atoms with Crippen molar-refractivity contribution in [3.05, 3.63) is 52.2 Å². The summed E-state index contributed by atoms with van der Waals surface area (Å²) in [6.07, 6.45) is 2.83. The van der Waals surface area contributed by atoms with Crippen LogP contribution in [0.1, 0.15) is 11.3 Å². The van der Waals surface area contributed by atoms with E-state index in [4.69, 9.17) is 10.2 Å². The third kappa shape index (κ3) is 2.90. The Kier molecular flexibility index (Phi) is 3.67. The third-order valence-corrected chi connectivity index (χ3v) is 2.99. The zero-order chi connectivity index (χ0) is 13.1. The molecule has 18 heavy (non-hydrogen) atoms. The number of carbonyl (C=O) groups excluding carboxylic acids is 1. The van der Waals surface area contributed by atoms with Gasteiger partial charge in [-0.1, -0.05) is 15.9 Å². The zero-order valence-electron chi connectivity index (χ0n) is 9.81. The van der Waals surface area contributed by atoms with Crippen molar-refractivity contribution in [1.82, 2.24) is 0 Å². The molecular formula is C14H12BrNO2. The molecule has 1 amide bonds.